The lowest BCUT2D eigenvalue weighted by atomic mass is 10.2. The van der Waals surface area contributed by atoms with Gasteiger partial charge in [0.1, 0.15) is 5.75 Å². The van der Waals surface area contributed by atoms with Gasteiger partial charge in [-0.2, -0.15) is 0 Å². The third kappa shape index (κ3) is 2.17. The van der Waals surface area contributed by atoms with E-state index in [4.69, 9.17) is 4.74 Å². The van der Waals surface area contributed by atoms with Crippen LogP contribution in [0.2, 0.25) is 0 Å². The zero-order valence-corrected chi connectivity index (χ0v) is 7.00. The Morgan fingerprint density at radius 3 is 2.50 bits per heavy atom. The van der Waals surface area contributed by atoms with Crippen LogP contribution in [0.25, 0.3) is 0 Å². The molecule has 60 valence electrons. The predicted molar refractivity (Wildman–Crippen MR) is 50.1 cm³/mol. The number of hydrogen-bond donors (Lipinski definition) is 0. The molecule has 1 rings (SSSR count). The number of allylic oxidation sites excluding steroid dienone is 1. The highest BCUT2D eigenvalue weighted by Crippen LogP contribution is 2.09. The Hall–Kier alpha value is -1.68. The maximum Gasteiger partial charge on any atom is 0.118 e. The second-order valence-corrected chi connectivity index (χ2v) is 2.20. The Labute approximate surface area is 72.7 Å². The normalized spacial score (nSPS) is 8.08. The van der Waals surface area contributed by atoms with Gasteiger partial charge in [0.05, 0.1) is 7.11 Å². The maximum absolute atomic E-state index is 5.01. The van der Waals surface area contributed by atoms with Crippen molar-refractivity contribution in [3.63, 3.8) is 0 Å². The standard InChI is InChI=1S/C11H10O/c1-3-4-5-10-6-8-11(12-2)9-7-10/h3,6-9H,1H2,2H3. The van der Waals surface area contributed by atoms with Crippen LogP contribution in [0.15, 0.2) is 36.9 Å². The SMILES string of the molecule is C=CC#Cc1ccc(OC)cc1. The van der Waals surface area contributed by atoms with Crippen molar-refractivity contribution in [1.82, 2.24) is 0 Å². The van der Waals surface area contributed by atoms with E-state index in [1.54, 1.807) is 13.2 Å². The highest BCUT2D eigenvalue weighted by molar-refractivity contribution is 5.39. The lowest BCUT2D eigenvalue weighted by Gasteiger charge is -1.96. The lowest BCUT2D eigenvalue weighted by Crippen LogP contribution is -1.81. The molecule has 0 aliphatic carbocycles. The minimum Gasteiger partial charge on any atom is -0.497 e. The van der Waals surface area contributed by atoms with Gasteiger partial charge in [-0.05, 0) is 30.3 Å². The van der Waals surface area contributed by atoms with Crippen LogP contribution in [0.5, 0.6) is 5.75 Å². The highest BCUT2D eigenvalue weighted by atomic mass is 16.5. The average molecular weight is 158 g/mol. The summed E-state index contributed by atoms with van der Waals surface area (Å²) in [6.07, 6.45) is 1.57. The Bertz CT molecular complexity index is 311. The van der Waals surface area contributed by atoms with E-state index in [1.165, 1.54) is 0 Å². The van der Waals surface area contributed by atoms with Crippen molar-refractivity contribution in [3.05, 3.63) is 42.5 Å². The maximum atomic E-state index is 5.01. The van der Waals surface area contributed by atoms with E-state index in [9.17, 15) is 0 Å². The molecule has 0 amide bonds. The number of methoxy groups -OCH3 is 1. The molecule has 0 bridgehead atoms. The van der Waals surface area contributed by atoms with E-state index in [2.05, 4.69) is 18.4 Å². The first kappa shape index (κ1) is 8.42. The first-order valence-electron chi connectivity index (χ1n) is 3.63. The van der Waals surface area contributed by atoms with E-state index in [0.29, 0.717) is 0 Å². The second-order valence-electron chi connectivity index (χ2n) is 2.20. The molecule has 1 heteroatoms. The van der Waals surface area contributed by atoms with Gasteiger partial charge in [-0.15, -0.1) is 0 Å². The van der Waals surface area contributed by atoms with Gasteiger partial charge in [-0.1, -0.05) is 18.4 Å². The molecule has 0 saturated carbocycles. The van der Waals surface area contributed by atoms with Crippen LogP contribution in [-0.4, -0.2) is 7.11 Å². The Kier molecular flexibility index (Phi) is 2.98. The molecule has 0 aromatic heterocycles. The van der Waals surface area contributed by atoms with Crippen molar-refractivity contribution < 1.29 is 4.74 Å². The summed E-state index contributed by atoms with van der Waals surface area (Å²) < 4.78 is 5.01. The molecule has 0 atom stereocenters. The zero-order chi connectivity index (χ0) is 8.81. The minimum absolute atomic E-state index is 0.846. The average Bonchev–Trinajstić information content (AvgIpc) is 2.15. The minimum atomic E-state index is 0.846. The molecular formula is C11H10O. The summed E-state index contributed by atoms with van der Waals surface area (Å²) in [5, 5.41) is 0. The van der Waals surface area contributed by atoms with E-state index in [0.717, 1.165) is 11.3 Å². The van der Waals surface area contributed by atoms with Crippen LogP contribution >= 0.6 is 0 Å². The van der Waals surface area contributed by atoms with Gasteiger partial charge in [-0.25, -0.2) is 0 Å². The molecule has 0 spiro atoms. The molecule has 0 saturated heterocycles. The van der Waals surface area contributed by atoms with E-state index < -0.39 is 0 Å². The van der Waals surface area contributed by atoms with Crippen molar-refractivity contribution >= 4 is 0 Å². The number of rotatable bonds is 1. The molecule has 0 aliphatic rings. The lowest BCUT2D eigenvalue weighted by molar-refractivity contribution is 0.415. The molecule has 0 N–H and O–H groups in total. The molecule has 0 fully saturated rings. The van der Waals surface area contributed by atoms with Crippen LogP contribution in [-0.2, 0) is 0 Å². The van der Waals surface area contributed by atoms with Gasteiger partial charge in [0.25, 0.3) is 0 Å². The monoisotopic (exact) mass is 158 g/mol. The zero-order valence-electron chi connectivity index (χ0n) is 7.00. The number of ether oxygens (including phenoxy) is 1. The summed E-state index contributed by atoms with van der Waals surface area (Å²) in [5.74, 6) is 6.54. The number of benzene rings is 1. The van der Waals surface area contributed by atoms with Crippen molar-refractivity contribution in [1.29, 1.82) is 0 Å². The molecule has 0 aliphatic heterocycles. The fraction of sp³-hybridized carbons (Fsp3) is 0.0909. The smallest absolute Gasteiger partial charge is 0.118 e. The van der Waals surface area contributed by atoms with Crippen LogP contribution in [0.4, 0.5) is 0 Å². The summed E-state index contributed by atoms with van der Waals surface area (Å²) in [6, 6.07) is 7.59. The van der Waals surface area contributed by atoms with Gasteiger partial charge in [0.2, 0.25) is 0 Å². The Morgan fingerprint density at radius 2 is 2.00 bits per heavy atom. The highest BCUT2D eigenvalue weighted by Gasteiger charge is 1.88. The van der Waals surface area contributed by atoms with Crippen LogP contribution in [0.1, 0.15) is 5.56 Å². The summed E-state index contributed by atoms with van der Waals surface area (Å²) >= 11 is 0. The molecule has 1 aromatic carbocycles. The first-order chi connectivity index (χ1) is 5.86. The quantitative estimate of drug-likeness (QED) is 0.569. The van der Waals surface area contributed by atoms with Crippen LogP contribution in [0, 0.1) is 11.8 Å². The van der Waals surface area contributed by atoms with Crippen molar-refractivity contribution in [3.8, 4) is 17.6 Å². The van der Waals surface area contributed by atoms with Gasteiger partial charge in [-0.3, -0.25) is 0 Å². The summed E-state index contributed by atoms with van der Waals surface area (Å²) in [5.41, 5.74) is 0.968. The van der Waals surface area contributed by atoms with Gasteiger partial charge in [0, 0.05) is 5.56 Å². The summed E-state index contributed by atoms with van der Waals surface area (Å²) in [4.78, 5) is 0. The largest absolute Gasteiger partial charge is 0.497 e. The van der Waals surface area contributed by atoms with Crippen LogP contribution < -0.4 is 4.74 Å². The number of hydrogen-bond acceptors (Lipinski definition) is 1. The fourth-order valence-electron chi connectivity index (χ4n) is 0.809. The van der Waals surface area contributed by atoms with Gasteiger partial charge < -0.3 is 4.74 Å². The van der Waals surface area contributed by atoms with Crippen molar-refractivity contribution in [2.24, 2.45) is 0 Å². The van der Waals surface area contributed by atoms with E-state index in [-0.39, 0.29) is 0 Å². The predicted octanol–water partition coefficient (Wildman–Crippen LogP) is 2.23. The van der Waals surface area contributed by atoms with Crippen molar-refractivity contribution in [2.45, 2.75) is 0 Å². The summed E-state index contributed by atoms with van der Waals surface area (Å²) in [7, 11) is 1.64. The molecule has 0 unspecified atom stereocenters. The molecule has 0 radical (unpaired) electrons. The third-order valence-electron chi connectivity index (χ3n) is 1.41. The van der Waals surface area contributed by atoms with E-state index in [1.807, 2.05) is 24.3 Å². The van der Waals surface area contributed by atoms with Crippen LogP contribution in [0.3, 0.4) is 0 Å². The van der Waals surface area contributed by atoms with E-state index >= 15 is 0 Å². The third-order valence-corrected chi connectivity index (χ3v) is 1.41. The molecule has 1 aromatic rings. The molecule has 12 heavy (non-hydrogen) atoms. The van der Waals surface area contributed by atoms with Gasteiger partial charge in [0.15, 0.2) is 0 Å². The Morgan fingerprint density at radius 1 is 1.33 bits per heavy atom. The fourth-order valence-corrected chi connectivity index (χ4v) is 0.809. The first-order valence-corrected chi connectivity index (χ1v) is 3.63. The molecule has 0 heterocycles. The molecular weight excluding hydrogens is 148 g/mol. The van der Waals surface area contributed by atoms with Crippen molar-refractivity contribution in [2.75, 3.05) is 7.11 Å². The Balaban J connectivity index is 2.84. The van der Waals surface area contributed by atoms with Gasteiger partial charge >= 0.3 is 0 Å². The topological polar surface area (TPSA) is 9.23 Å². The molecule has 1 nitrogen and oxygen atoms in total. The second kappa shape index (κ2) is 4.25. The summed E-state index contributed by atoms with van der Waals surface area (Å²) in [6.45, 7) is 3.51.